The normalized spacial score (nSPS) is 12.4. The quantitative estimate of drug-likeness (QED) is 0.590. The van der Waals surface area contributed by atoms with Gasteiger partial charge in [-0.2, -0.15) is 0 Å². The maximum atomic E-state index is 5.13. The number of nitrogens with zero attached hydrogens (tertiary/aromatic N) is 1. The highest BCUT2D eigenvalue weighted by molar-refractivity contribution is 4.71. The van der Waals surface area contributed by atoms with Gasteiger partial charge >= 0.3 is 0 Å². The fraction of sp³-hybridized carbons (Fsp3) is 1.00. The van der Waals surface area contributed by atoms with Crippen LogP contribution in [-0.4, -0.2) is 64.1 Å². The maximum Gasteiger partial charge on any atom is 0.0589 e. The Morgan fingerprint density at radius 2 is 1.59 bits per heavy atom. The lowest BCUT2D eigenvalue weighted by Crippen LogP contribution is -2.42. The third-order valence-corrected chi connectivity index (χ3v) is 2.52. The molecule has 4 heteroatoms. The van der Waals surface area contributed by atoms with Gasteiger partial charge in [0.1, 0.15) is 0 Å². The predicted molar refractivity (Wildman–Crippen MR) is 72.6 cm³/mol. The minimum absolute atomic E-state index is 0.194. The van der Waals surface area contributed by atoms with E-state index in [-0.39, 0.29) is 5.54 Å². The van der Waals surface area contributed by atoms with Crippen molar-refractivity contribution in [3.8, 4) is 0 Å². The second-order valence-corrected chi connectivity index (χ2v) is 5.36. The lowest BCUT2D eigenvalue weighted by atomic mass is 10.1. The minimum atomic E-state index is 0.194. The average molecular weight is 246 g/mol. The number of ether oxygens (including phenoxy) is 2. The smallest absolute Gasteiger partial charge is 0.0589 e. The second-order valence-electron chi connectivity index (χ2n) is 5.36. The first-order chi connectivity index (χ1) is 7.99. The fourth-order valence-corrected chi connectivity index (χ4v) is 1.58. The fourth-order valence-electron chi connectivity index (χ4n) is 1.58. The van der Waals surface area contributed by atoms with E-state index < -0.39 is 0 Å². The number of methoxy groups -OCH3 is 2. The zero-order valence-corrected chi connectivity index (χ0v) is 12.2. The zero-order chi connectivity index (χ0) is 13.1. The molecule has 0 bridgehead atoms. The largest absolute Gasteiger partial charge is 0.385 e. The first kappa shape index (κ1) is 16.8. The van der Waals surface area contributed by atoms with Crippen LogP contribution in [0.1, 0.15) is 27.2 Å². The highest BCUT2D eigenvalue weighted by atomic mass is 16.5. The molecule has 0 saturated carbocycles. The van der Waals surface area contributed by atoms with Gasteiger partial charge in [-0.15, -0.1) is 0 Å². The van der Waals surface area contributed by atoms with E-state index in [0.717, 1.165) is 45.8 Å². The van der Waals surface area contributed by atoms with E-state index >= 15 is 0 Å². The third-order valence-electron chi connectivity index (χ3n) is 2.52. The van der Waals surface area contributed by atoms with Crippen LogP contribution in [-0.2, 0) is 9.47 Å². The summed E-state index contributed by atoms with van der Waals surface area (Å²) in [6.07, 6.45) is 1.08. The van der Waals surface area contributed by atoms with Gasteiger partial charge in [0, 0.05) is 52.5 Å². The lowest BCUT2D eigenvalue weighted by molar-refractivity contribution is 0.132. The molecule has 0 rings (SSSR count). The molecule has 104 valence electrons. The standard InChI is InChI=1S/C13H30N2O2/c1-13(2,3)14-7-9-15(10-12-17-5)8-6-11-16-4/h14H,6-12H2,1-5H3. The van der Waals surface area contributed by atoms with Crippen LogP contribution in [0, 0.1) is 0 Å². The summed E-state index contributed by atoms with van der Waals surface area (Å²) in [4.78, 5) is 2.42. The van der Waals surface area contributed by atoms with Crippen molar-refractivity contribution < 1.29 is 9.47 Å². The zero-order valence-electron chi connectivity index (χ0n) is 12.2. The Bertz CT molecular complexity index is 169. The molecule has 1 N–H and O–H groups in total. The van der Waals surface area contributed by atoms with E-state index in [0.29, 0.717) is 0 Å². The predicted octanol–water partition coefficient (Wildman–Crippen LogP) is 1.36. The second kappa shape index (κ2) is 9.83. The highest BCUT2D eigenvalue weighted by Crippen LogP contribution is 1.98. The molecule has 0 amide bonds. The van der Waals surface area contributed by atoms with Crippen LogP contribution in [0.15, 0.2) is 0 Å². The Morgan fingerprint density at radius 3 is 2.12 bits per heavy atom. The number of hydrogen-bond donors (Lipinski definition) is 1. The summed E-state index contributed by atoms with van der Waals surface area (Å²) in [5.74, 6) is 0. The molecule has 0 radical (unpaired) electrons. The monoisotopic (exact) mass is 246 g/mol. The molecule has 0 unspecified atom stereocenters. The molecule has 0 saturated heterocycles. The maximum absolute atomic E-state index is 5.13. The molecule has 0 aromatic rings. The molecule has 0 aliphatic heterocycles. The molecule has 0 aromatic carbocycles. The number of rotatable bonds is 10. The topological polar surface area (TPSA) is 33.7 Å². The average Bonchev–Trinajstić information content (AvgIpc) is 2.23. The van der Waals surface area contributed by atoms with Gasteiger partial charge < -0.3 is 14.8 Å². The molecule has 0 aromatic heterocycles. The third kappa shape index (κ3) is 12.1. The molecular weight excluding hydrogens is 216 g/mol. The first-order valence-corrected chi connectivity index (χ1v) is 6.45. The van der Waals surface area contributed by atoms with Crippen molar-refractivity contribution in [1.82, 2.24) is 10.2 Å². The van der Waals surface area contributed by atoms with Crippen LogP contribution in [0.5, 0.6) is 0 Å². The number of hydrogen-bond acceptors (Lipinski definition) is 4. The van der Waals surface area contributed by atoms with Crippen LogP contribution in [0.25, 0.3) is 0 Å². The van der Waals surface area contributed by atoms with Crippen LogP contribution < -0.4 is 5.32 Å². The SMILES string of the molecule is COCCCN(CCNC(C)(C)C)CCOC. The molecule has 17 heavy (non-hydrogen) atoms. The minimum Gasteiger partial charge on any atom is -0.385 e. The van der Waals surface area contributed by atoms with Gasteiger partial charge in [0.15, 0.2) is 0 Å². The summed E-state index contributed by atoms with van der Waals surface area (Å²) in [5, 5.41) is 3.51. The number of nitrogens with one attached hydrogen (secondary N) is 1. The van der Waals surface area contributed by atoms with Gasteiger partial charge in [-0.05, 0) is 27.2 Å². The lowest BCUT2D eigenvalue weighted by Gasteiger charge is -2.26. The van der Waals surface area contributed by atoms with Crippen molar-refractivity contribution in [2.45, 2.75) is 32.7 Å². The molecule has 0 aliphatic carbocycles. The van der Waals surface area contributed by atoms with Gasteiger partial charge in [-0.1, -0.05) is 0 Å². The molecule has 0 atom stereocenters. The Labute approximate surface area is 107 Å². The van der Waals surface area contributed by atoms with Crippen molar-refractivity contribution in [2.24, 2.45) is 0 Å². The van der Waals surface area contributed by atoms with Crippen molar-refractivity contribution in [1.29, 1.82) is 0 Å². The summed E-state index contributed by atoms with van der Waals surface area (Å²) >= 11 is 0. The van der Waals surface area contributed by atoms with Crippen LogP contribution in [0.4, 0.5) is 0 Å². The summed E-state index contributed by atoms with van der Waals surface area (Å²) in [6.45, 7) is 12.3. The van der Waals surface area contributed by atoms with Crippen molar-refractivity contribution >= 4 is 0 Å². The molecule has 0 aliphatic rings. The van der Waals surface area contributed by atoms with Gasteiger partial charge in [0.2, 0.25) is 0 Å². The van der Waals surface area contributed by atoms with E-state index in [4.69, 9.17) is 9.47 Å². The molecule has 0 heterocycles. The van der Waals surface area contributed by atoms with E-state index in [2.05, 4.69) is 31.0 Å². The van der Waals surface area contributed by atoms with Crippen molar-refractivity contribution in [2.75, 3.05) is 53.6 Å². The van der Waals surface area contributed by atoms with Gasteiger partial charge in [0.05, 0.1) is 6.61 Å². The Morgan fingerprint density at radius 1 is 0.941 bits per heavy atom. The van der Waals surface area contributed by atoms with Gasteiger partial charge in [-0.3, -0.25) is 4.90 Å². The van der Waals surface area contributed by atoms with Crippen LogP contribution >= 0.6 is 0 Å². The first-order valence-electron chi connectivity index (χ1n) is 6.45. The summed E-state index contributed by atoms with van der Waals surface area (Å²) in [7, 11) is 3.50. The highest BCUT2D eigenvalue weighted by Gasteiger charge is 2.10. The Hall–Kier alpha value is -0.160. The van der Waals surface area contributed by atoms with Crippen molar-refractivity contribution in [3.63, 3.8) is 0 Å². The Balaban J connectivity index is 3.75. The van der Waals surface area contributed by atoms with Gasteiger partial charge in [-0.25, -0.2) is 0 Å². The molecule has 4 nitrogen and oxygen atoms in total. The van der Waals surface area contributed by atoms with Crippen LogP contribution in [0.3, 0.4) is 0 Å². The molecule has 0 spiro atoms. The van der Waals surface area contributed by atoms with E-state index in [9.17, 15) is 0 Å². The summed E-state index contributed by atoms with van der Waals surface area (Å²) < 4.78 is 10.2. The summed E-state index contributed by atoms with van der Waals surface area (Å²) in [5.41, 5.74) is 0.194. The van der Waals surface area contributed by atoms with Crippen LogP contribution in [0.2, 0.25) is 0 Å². The Kier molecular flexibility index (Phi) is 9.74. The van der Waals surface area contributed by atoms with Crippen molar-refractivity contribution in [3.05, 3.63) is 0 Å². The summed E-state index contributed by atoms with van der Waals surface area (Å²) in [6, 6.07) is 0. The molecular formula is C13H30N2O2. The van der Waals surface area contributed by atoms with E-state index in [1.165, 1.54) is 0 Å². The molecule has 0 fully saturated rings. The van der Waals surface area contributed by atoms with E-state index in [1.807, 2.05) is 0 Å². The van der Waals surface area contributed by atoms with E-state index in [1.54, 1.807) is 14.2 Å². The van der Waals surface area contributed by atoms with Gasteiger partial charge in [0.25, 0.3) is 0 Å².